The molecule has 0 bridgehead atoms. The maximum atomic E-state index is 10.5. The molecule has 0 aromatic carbocycles. The quantitative estimate of drug-likeness (QED) is 0.732. The number of ether oxygens (including phenoxy) is 1. The van der Waals surface area contributed by atoms with Crippen LogP contribution < -0.4 is 10.6 Å². The van der Waals surface area contributed by atoms with Gasteiger partial charge in [0.1, 0.15) is 28.0 Å². The van der Waals surface area contributed by atoms with Gasteiger partial charge in [-0.1, -0.05) is 6.92 Å². The lowest BCUT2D eigenvalue weighted by Gasteiger charge is -2.26. The van der Waals surface area contributed by atoms with Crippen molar-refractivity contribution in [2.24, 2.45) is 0 Å². The molecule has 0 amide bonds. The maximum Gasteiger partial charge on any atom is 0.146 e. The van der Waals surface area contributed by atoms with Gasteiger partial charge < -0.3 is 20.5 Å². The molecule has 1 aromatic heterocycles. The number of hydrogen-bond acceptors (Lipinski definition) is 6. The molecule has 3 N–H and O–H groups in total. The van der Waals surface area contributed by atoms with Crippen LogP contribution in [0.25, 0.3) is 0 Å². The molecule has 2 rings (SSSR count). The molecule has 20 heavy (non-hydrogen) atoms. The van der Waals surface area contributed by atoms with E-state index in [9.17, 15) is 5.11 Å². The van der Waals surface area contributed by atoms with E-state index in [4.69, 9.17) is 4.74 Å². The van der Waals surface area contributed by atoms with Crippen molar-refractivity contribution in [3.8, 4) is 0 Å². The van der Waals surface area contributed by atoms with Gasteiger partial charge >= 0.3 is 0 Å². The highest BCUT2D eigenvalue weighted by Gasteiger charge is 2.39. The first-order valence-electron chi connectivity index (χ1n) is 6.89. The Morgan fingerprint density at radius 3 is 2.75 bits per heavy atom. The normalized spacial score (nSPS) is 25.7. The molecule has 2 unspecified atom stereocenters. The zero-order valence-corrected chi connectivity index (χ0v) is 13.4. The smallest absolute Gasteiger partial charge is 0.146 e. The first-order valence-corrected chi connectivity index (χ1v) is 7.68. The lowest BCUT2D eigenvalue weighted by Crippen LogP contribution is -2.43. The summed E-state index contributed by atoms with van der Waals surface area (Å²) < 4.78 is 6.20. The molecule has 1 aromatic rings. The van der Waals surface area contributed by atoms with E-state index in [-0.39, 0.29) is 6.10 Å². The zero-order valence-electron chi connectivity index (χ0n) is 11.8. The van der Waals surface area contributed by atoms with E-state index in [0.29, 0.717) is 25.4 Å². The summed E-state index contributed by atoms with van der Waals surface area (Å²) in [6.45, 7) is 5.82. The van der Waals surface area contributed by atoms with Crippen LogP contribution in [-0.2, 0) is 4.74 Å². The summed E-state index contributed by atoms with van der Waals surface area (Å²) in [7, 11) is 0. The van der Waals surface area contributed by atoms with Crippen molar-refractivity contribution in [3.05, 3.63) is 10.8 Å². The summed E-state index contributed by atoms with van der Waals surface area (Å²) in [4.78, 5) is 8.40. The van der Waals surface area contributed by atoms with E-state index >= 15 is 0 Å². The summed E-state index contributed by atoms with van der Waals surface area (Å²) in [5.74, 6) is 1.43. The van der Waals surface area contributed by atoms with Gasteiger partial charge in [0.05, 0.1) is 6.10 Å². The largest absolute Gasteiger partial charge is 0.385 e. The van der Waals surface area contributed by atoms with Gasteiger partial charge in [-0.3, -0.25) is 0 Å². The van der Waals surface area contributed by atoms with Crippen molar-refractivity contribution in [3.63, 3.8) is 0 Å². The fraction of sp³-hybridized carbons (Fsp3) is 0.692. The monoisotopic (exact) mass is 344 g/mol. The van der Waals surface area contributed by atoms with Crippen LogP contribution in [0.15, 0.2) is 10.8 Å². The maximum absolute atomic E-state index is 10.5. The lowest BCUT2D eigenvalue weighted by molar-refractivity contribution is -0.0176. The number of aromatic nitrogens is 2. The van der Waals surface area contributed by atoms with Crippen molar-refractivity contribution < 1.29 is 9.84 Å². The van der Waals surface area contributed by atoms with Crippen molar-refractivity contribution in [1.82, 2.24) is 9.97 Å². The van der Waals surface area contributed by atoms with Crippen molar-refractivity contribution in [2.45, 2.75) is 38.4 Å². The van der Waals surface area contributed by atoms with Crippen LogP contribution in [0.4, 0.5) is 11.6 Å². The van der Waals surface area contributed by atoms with Crippen molar-refractivity contribution in [2.75, 3.05) is 30.3 Å². The Bertz CT molecular complexity index is 460. The van der Waals surface area contributed by atoms with Crippen LogP contribution in [0.5, 0.6) is 0 Å². The number of anilines is 2. The standard InChI is InChI=1S/C13H21BrN4O2/c1-3-5-15-11-10(14)12(18-8-17-11)16-7-13(19)4-6-20-9(13)2/h8-9,19H,3-7H2,1-2H3,(H2,15,16,17,18). The SMILES string of the molecule is CCCNc1ncnc(NCC2(O)CCOC2C)c1Br. The summed E-state index contributed by atoms with van der Waals surface area (Å²) in [5.41, 5.74) is -0.846. The molecule has 0 spiro atoms. The number of hydrogen-bond donors (Lipinski definition) is 3. The van der Waals surface area contributed by atoms with Crippen molar-refractivity contribution in [1.29, 1.82) is 0 Å². The number of rotatable bonds is 6. The van der Waals surface area contributed by atoms with Gasteiger partial charge in [-0.2, -0.15) is 0 Å². The molecule has 1 saturated heterocycles. The minimum absolute atomic E-state index is 0.173. The van der Waals surface area contributed by atoms with Gasteiger partial charge in [0, 0.05) is 26.1 Å². The third kappa shape index (κ3) is 3.39. The number of nitrogens with zero attached hydrogens (tertiary/aromatic N) is 2. The van der Waals surface area contributed by atoms with Crippen LogP contribution in [0.1, 0.15) is 26.7 Å². The minimum atomic E-state index is -0.846. The van der Waals surface area contributed by atoms with Gasteiger partial charge in [0.25, 0.3) is 0 Å². The Morgan fingerprint density at radius 1 is 1.45 bits per heavy atom. The predicted molar refractivity (Wildman–Crippen MR) is 82.0 cm³/mol. The average molecular weight is 345 g/mol. The molecule has 6 nitrogen and oxygen atoms in total. The van der Waals surface area contributed by atoms with E-state index in [1.54, 1.807) is 0 Å². The van der Waals surface area contributed by atoms with Gasteiger partial charge in [-0.05, 0) is 29.3 Å². The Kier molecular flexibility index (Phi) is 5.17. The van der Waals surface area contributed by atoms with E-state index < -0.39 is 5.60 Å². The molecule has 1 aliphatic heterocycles. The van der Waals surface area contributed by atoms with Crippen molar-refractivity contribution >= 4 is 27.6 Å². The van der Waals surface area contributed by atoms with Gasteiger partial charge in [0.2, 0.25) is 0 Å². The molecule has 0 radical (unpaired) electrons. The third-order valence-corrected chi connectivity index (χ3v) is 4.30. The number of nitrogens with one attached hydrogen (secondary N) is 2. The highest BCUT2D eigenvalue weighted by molar-refractivity contribution is 9.10. The number of halogens is 1. The second-order valence-electron chi connectivity index (χ2n) is 5.03. The molecule has 0 aliphatic carbocycles. The Hall–Kier alpha value is -0.920. The summed E-state index contributed by atoms with van der Waals surface area (Å²) in [5, 5.41) is 16.9. The first-order chi connectivity index (χ1) is 9.57. The Morgan fingerprint density at radius 2 is 2.15 bits per heavy atom. The second kappa shape index (κ2) is 6.69. The lowest BCUT2D eigenvalue weighted by atomic mass is 9.97. The van der Waals surface area contributed by atoms with E-state index in [2.05, 4.69) is 43.5 Å². The van der Waals surface area contributed by atoms with Crippen LogP contribution in [0.3, 0.4) is 0 Å². The molecule has 112 valence electrons. The van der Waals surface area contributed by atoms with Gasteiger partial charge in [-0.25, -0.2) is 9.97 Å². The van der Waals surface area contributed by atoms with Crippen LogP contribution >= 0.6 is 15.9 Å². The number of aliphatic hydroxyl groups is 1. The molecule has 1 aliphatic rings. The van der Waals surface area contributed by atoms with Crippen LogP contribution in [0.2, 0.25) is 0 Å². The van der Waals surface area contributed by atoms with E-state index in [0.717, 1.165) is 23.3 Å². The predicted octanol–water partition coefficient (Wildman–Crippen LogP) is 2.01. The second-order valence-corrected chi connectivity index (χ2v) is 5.82. The van der Waals surface area contributed by atoms with E-state index in [1.165, 1.54) is 6.33 Å². The third-order valence-electron chi connectivity index (χ3n) is 3.55. The zero-order chi connectivity index (χ0) is 14.6. The Labute approximate surface area is 127 Å². The minimum Gasteiger partial charge on any atom is -0.385 e. The van der Waals surface area contributed by atoms with E-state index in [1.807, 2.05) is 6.92 Å². The van der Waals surface area contributed by atoms with Crippen LogP contribution in [0, 0.1) is 0 Å². The fourth-order valence-electron chi connectivity index (χ4n) is 2.10. The molecular formula is C13H21BrN4O2. The molecule has 0 saturated carbocycles. The topological polar surface area (TPSA) is 79.3 Å². The summed E-state index contributed by atoms with van der Waals surface area (Å²) in [6.07, 6.45) is 2.98. The molecule has 2 heterocycles. The summed E-state index contributed by atoms with van der Waals surface area (Å²) in [6, 6.07) is 0. The molecular weight excluding hydrogens is 324 g/mol. The average Bonchev–Trinajstić information content (AvgIpc) is 2.77. The summed E-state index contributed by atoms with van der Waals surface area (Å²) >= 11 is 3.49. The highest BCUT2D eigenvalue weighted by atomic mass is 79.9. The highest BCUT2D eigenvalue weighted by Crippen LogP contribution is 2.29. The van der Waals surface area contributed by atoms with Gasteiger partial charge in [-0.15, -0.1) is 0 Å². The first kappa shape index (κ1) is 15.5. The fourth-order valence-corrected chi connectivity index (χ4v) is 2.58. The molecule has 7 heteroatoms. The Balaban J connectivity index is 2.02. The molecule has 2 atom stereocenters. The molecule has 1 fully saturated rings. The van der Waals surface area contributed by atoms with Gasteiger partial charge in [0.15, 0.2) is 0 Å². The van der Waals surface area contributed by atoms with Crippen LogP contribution in [-0.4, -0.2) is 46.5 Å².